The second kappa shape index (κ2) is 5.65. The largest absolute Gasteiger partial charge is 0.383 e. The Kier molecular flexibility index (Phi) is 4.37. The summed E-state index contributed by atoms with van der Waals surface area (Å²) in [5.41, 5.74) is 1.19. The van der Waals surface area contributed by atoms with E-state index in [4.69, 9.17) is 9.72 Å². The molecule has 1 atom stereocenters. The fraction of sp³-hybridized carbons (Fsp3) is 0.769. The lowest BCUT2D eigenvalue weighted by Crippen LogP contribution is -2.45. The molecule has 5 heteroatoms. The van der Waals surface area contributed by atoms with Crippen molar-refractivity contribution in [3.05, 3.63) is 15.6 Å². The van der Waals surface area contributed by atoms with E-state index >= 15 is 0 Å². The van der Waals surface area contributed by atoms with Crippen molar-refractivity contribution in [2.75, 3.05) is 40.4 Å². The molecule has 1 saturated heterocycles. The zero-order valence-corrected chi connectivity index (χ0v) is 12.6. The standard InChI is InChI=1S/C13H23N3OS/c1-10-11(2)18-12(15-10)13(14-6-8-17-4)5-7-16(3)9-13/h14H,5-9H2,1-4H3. The van der Waals surface area contributed by atoms with Gasteiger partial charge in [0.15, 0.2) is 0 Å². The summed E-state index contributed by atoms with van der Waals surface area (Å²) in [6, 6.07) is 0. The molecule has 0 bridgehead atoms. The number of aryl methyl sites for hydroxylation is 2. The quantitative estimate of drug-likeness (QED) is 0.823. The van der Waals surface area contributed by atoms with Crippen molar-refractivity contribution in [2.45, 2.75) is 25.8 Å². The van der Waals surface area contributed by atoms with Gasteiger partial charge in [-0.15, -0.1) is 11.3 Å². The molecule has 1 N–H and O–H groups in total. The maximum absolute atomic E-state index is 5.15. The molecule has 18 heavy (non-hydrogen) atoms. The zero-order valence-electron chi connectivity index (χ0n) is 11.7. The van der Waals surface area contributed by atoms with Crippen LogP contribution in [0.5, 0.6) is 0 Å². The van der Waals surface area contributed by atoms with E-state index in [1.807, 2.05) is 11.3 Å². The normalized spacial score (nSPS) is 24.9. The first kappa shape index (κ1) is 13.9. The van der Waals surface area contributed by atoms with E-state index in [-0.39, 0.29) is 5.54 Å². The Hall–Kier alpha value is -0.490. The van der Waals surface area contributed by atoms with Crippen LogP contribution in [0.1, 0.15) is 22.0 Å². The molecular formula is C13H23N3OS. The van der Waals surface area contributed by atoms with Crippen LogP contribution in [0, 0.1) is 13.8 Å². The summed E-state index contributed by atoms with van der Waals surface area (Å²) in [7, 11) is 3.92. The second-order valence-electron chi connectivity index (χ2n) is 5.15. The van der Waals surface area contributed by atoms with Gasteiger partial charge in [-0.2, -0.15) is 0 Å². The molecule has 2 rings (SSSR count). The minimum atomic E-state index is 0.0248. The Labute approximate surface area is 113 Å². The molecule has 0 radical (unpaired) electrons. The Bertz CT molecular complexity index is 387. The van der Waals surface area contributed by atoms with Crippen molar-refractivity contribution in [1.82, 2.24) is 15.2 Å². The highest BCUT2D eigenvalue weighted by molar-refractivity contribution is 7.11. The Morgan fingerprint density at radius 1 is 1.50 bits per heavy atom. The van der Waals surface area contributed by atoms with Crippen LogP contribution in [0.2, 0.25) is 0 Å². The van der Waals surface area contributed by atoms with Gasteiger partial charge in [-0.05, 0) is 27.3 Å². The van der Waals surface area contributed by atoms with Crippen molar-refractivity contribution >= 4 is 11.3 Å². The zero-order chi connectivity index (χ0) is 13.2. The molecule has 0 aliphatic carbocycles. The molecule has 0 spiro atoms. The lowest BCUT2D eigenvalue weighted by Gasteiger charge is -2.28. The van der Waals surface area contributed by atoms with Gasteiger partial charge >= 0.3 is 0 Å². The average Bonchev–Trinajstić information content (AvgIpc) is 2.86. The van der Waals surface area contributed by atoms with E-state index in [0.717, 1.165) is 38.4 Å². The monoisotopic (exact) mass is 269 g/mol. The molecule has 0 aromatic carbocycles. The minimum Gasteiger partial charge on any atom is -0.383 e. The molecule has 1 unspecified atom stereocenters. The van der Waals surface area contributed by atoms with Crippen molar-refractivity contribution in [2.24, 2.45) is 0 Å². The summed E-state index contributed by atoms with van der Waals surface area (Å²) in [4.78, 5) is 8.46. The van der Waals surface area contributed by atoms with Crippen molar-refractivity contribution in [3.8, 4) is 0 Å². The number of aromatic nitrogens is 1. The third kappa shape index (κ3) is 2.74. The van der Waals surface area contributed by atoms with Crippen LogP contribution >= 0.6 is 11.3 Å². The number of nitrogens with zero attached hydrogens (tertiary/aromatic N) is 2. The molecule has 0 amide bonds. The molecule has 2 heterocycles. The van der Waals surface area contributed by atoms with E-state index in [2.05, 4.69) is 31.1 Å². The summed E-state index contributed by atoms with van der Waals surface area (Å²) in [6.07, 6.45) is 1.12. The van der Waals surface area contributed by atoms with Crippen LogP contribution in [0.25, 0.3) is 0 Å². The third-order valence-corrected chi connectivity index (χ3v) is 4.94. The van der Waals surface area contributed by atoms with E-state index in [9.17, 15) is 0 Å². The van der Waals surface area contributed by atoms with Gasteiger partial charge in [-0.25, -0.2) is 4.98 Å². The summed E-state index contributed by atoms with van der Waals surface area (Å²) >= 11 is 1.83. The van der Waals surface area contributed by atoms with Crippen LogP contribution < -0.4 is 5.32 Å². The smallest absolute Gasteiger partial charge is 0.115 e. The third-order valence-electron chi connectivity index (χ3n) is 3.67. The lowest BCUT2D eigenvalue weighted by molar-refractivity contribution is 0.183. The number of ether oxygens (including phenoxy) is 1. The molecule has 1 aromatic rings. The average molecular weight is 269 g/mol. The summed E-state index contributed by atoms with van der Waals surface area (Å²) in [6.45, 7) is 8.02. The number of likely N-dealkylation sites (N-methyl/N-ethyl adjacent to an activating group) is 1. The van der Waals surface area contributed by atoms with Gasteiger partial charge < -0.3 is 15.0 Å². The number of hydrogen-bond donors (Lipinski definition) is 1. The van der Waals surface area contributed by atoms with E-state index in [1.165, 1.54) is 9.88 Å². The highest BCUT2D eigenvalue weighted by Crippen LogP contribution is 2.34. The Morgan fingerprint density at radius 3 is 2.78 bits per heavy atom. The van der Waals surface area contributed by atoms with Gasteiger partial charge in [-0.3, -0.25) is 0 Å². The number of nitrogens with one attached hydrogen (secondary N) is 1. The fourth-order valence-corrected chi connectivity index (χ4v) is 3.56. The number of thiazole rings is 1. The molecular weight excluding hydrogens is 246 g/mol. The maximum Gasteiger partial charge on any atom is 0.115 e. The van der Waals surface area contributed by atoms with Crippen LogP contribution in [0.4, 0.5) is 0 Å². The van der Waals surface area contributed by atoms with Gasteiger partial charge in [0.1, 0.15) is 5.01 Å². The maximum atomic E-state index is 5.15. The summed E-state index contributed by atoms with van der Waals surface area (Å²) in [5.74, 6) is 0. The lowest BCUT2D eigenvalue weighted by atomic mass is 9.99. The van der Waals surface area contributed by atoms with Crippen LogP contribution in [-0.2, 0) is 10.3 Å². The predicted molar refractivity (Wildman–Crippen MR) is 75.3 cm³/mol. The van der Waals surface area contributed by atoms with Crippen LogP contribution in [-0.4, -0.2) is 50.3 Å². The minimum absolute atomic E-state index is 0.0248. The first-order valence-electron chi connectivity index (χ1n) is 6.44. The van der Waals surface area contributed by atoms with Crippen molar-refractivity contribution in [3.63, 3.8) is 0 Å². The SMILES string of the molecule is COCCNC1(c2nc(C)c(C)s2)CCN(C)C1. The molecule has 4 nitrogen and oxygen atoms in total. The first-order chi connectivity index (χ1) is 8.57. The molecule has 1 aliphatic heterocycles. The van der Waals surface area contributed by atoms with Gasteiger partial charge in [-0.1, -0.05) is 0 Å². The van der Waals surface area contributed by atoms with Gasteiger partial charge in [0.05, 0.1) is 17.8 Å². The topological polar surface area (TPSA) is 37.4 Å². The number of likely N-dealkylation sites (tertiary alicyclic amines) is 1. The summed E-state index contributed by atoms with van der Waals surface area (Å²) < 4.78 is 5.15. The molecule has 1 aromatic heterocycles. The van der Waals surface area contributed by atoms with Gasteiger partial charge in [0.2, 0.25) is 0 Å². The highest BCUT2D eigenvalue weighted by atomic mass is 32.1. The molecule has 1 aliphatic rings. The molecule has 1 fully saturated rings. The van der Waals surface area contributed by atoms with E-state index < -0.39 is 0 Å². The van der Waals surface area contributed by atoms with Crippen LogP contribution in [0.3, 0.4) is 0 Å². The molecule has 0 saturated carbocycles. The van der Waals surface area contributed by atoms with Crippen molar-refractivity contribution in [1.29, 1.82) is 0 Å². The van der Waals surface area contributed by atoms with Gasteiger partial charge in [0, 0.05) is 31.6 Å². The van der Waals surface area contributed by atoms with Crippen LogP contribution in [0.15, 0.2) is 0 Å². The highest BCUT2D eigenvalue weighted by Gasteiger charge is 2.40. The van der Waals surface area contributed by atoms with E-state index in [1.54, 1.807) is 7.11 Å². The Balaban J connectivity index is 2.19. The Morgan fingerprint density at radius 2 is 2.28 bits per heavy atom. The summed E-state index contributed by atoms with van der Waals surface area (Å²) in [5, 5.41) is 4.90. The first-order valence-corrected chi connectivity index (χ1v) is 7.26. The van der Waals surface area contributed by atoms with Gasteiger partial charge in [0.25, 0.3) is 0 Å². The van der Waals surface area contributed by atoms with Crippen molar-refractivity contribution < 1.29 is 4.74 Å². The fourth-order valence-electron chi connectivity index (χ4n) is 2.46. The number of rotatable bonds is 5. The second-order valence-corrected chi connectivity index (χ2v) is 6.35. The predicted octanol–water partition coefficient (Wildman–Crippen LogP) is 1.53. The van der Waals surface area contributed by atoms with E-state index in [0.29, 0.717) is 0 Å². The molecule has 102 valence electrons. The number of hydrogen-bond acceptors (Lipinski definition) is 5. The number of methoxy groups -OCH3 is 1.